The second-order valence-electron chi connectivity index (χ2n) is 6.88. The average molecular weight is 378 g/mol. The standard InChI is InChI=1S/C21H22N4O3/c1-15(2)21-22-10-11-24(21)14-16-6-5-8-18(12-16)23-20(26)13-17-7-3-4-9-19(17)25(27)28/h3-12,15H,13-14H2,1-2H3,(H,23,26). The molecular formula is C21H22N4O3. The summed E-state index contributed by atoms with van der Waals surface area (Å²) in [5, 5.41) is 13.9. The number of amides is 1. The van der Waals surface area contributed by atoms with Crippen LogP contribution in [0, 0.1) is 10.1 Å². The van der Waals surface area contributed by atoms with E-state index in [0.717, 1.165) is 11.4 Å². The largest absolute Gasteiger partial charge is 0.330 e. The molecule has 0 aliphatic rings. The van der Waals surface area contributed by atoms with Crippen molar-refractivity contribution >= 4 is 17.3 Å². The van der Waals surface area contributed by atoms with Crippen LogP contribution in [0.15, 0.2) is 60.9 Å². The first-order chi connectivity index (χ1) is 13.4. The number of hydrogen-bond acceptors (Lipinski definition) is 4. The number of benzene rings is 2. The average Bonchev–Trinajstić information content (AvgIpc) is 3.10. The highest BCUT2D eigenvalue weighted by molar-refractivity contribution is 5.92. The van der Waals surface area contributed by atoms with Gasteiger partial charge in [-0.3, -0.25) is 14.9 Å². The Morgan fingerprint density at radius 3 is 2.75 bits per heavy atom. The van der Waals surface area contributed by atoms with E-state index in [1.165, 1.54) is 6.07 Å². The Hall–Kier alpha value is -3.48. The van der Waals surface area contributed by atoms with E-state index in [-0.39, 0.29) is 18.0 Å². The van der Waals surface area contributed by atoms with E-state index < -0.39 is 4.92 Å². The summed E-state index contributed by atoms with van der Waals surface area (Å²) in [7, 11) is 0. The van der Waals surface area contributed by atoms with Crippen LogP contribution in [0.3, 0.4) is 0 Å². The van der Waals surface area contributed by atoms with Crippen molar-refractivity contribution in [3.8, 4) is 0 Å². The van der Waals surface area contributed by atoms with Gasteiger partial charge in [0.05, 0.1) is 11.3 Å². The van der Waals surface area contributed by atoms with Crippen LogP contribution in [0.5, 0.6) is 0 Å². The van der Waals surface area contributed by atoms with Gasteiger partial charge in [0.25, 0.3) is 5.69 Å². The zero-order valence-corrected chi connectivity index (χ0v) is 15.8. The van der Waals surface area contributed by atoms with E-state index in [1.54, 1.807) is 30.5 Å². The van der Waals surface area contributed by atoms with Gasteiger partial charge < -0.3 is 9.88 Å². The third-order valence-corrected chi connectivity index (χ3v) is 4.37. The highest BCUT2D eigenvalue weighted by Crippen LogP contribution is 2.20. The lowest BCUT2D eigenvalue weighted by atomic mass is 10.1. The highest BCUT2D eigenvalue weighted by atomic mass is 16.6. The van der Waals surface area contributed by atoms with Crippen molar-refractivity contribution in [2.24, 2.45) is 0 Å². The first kappa shape index (κ1) is 19.3. The predicted molar refractivity (Wildman–Crippen MR) is 107 cm³/mol. The van der Waals surface area contributed by atoms with Crippen LogP contribution >= 0.6 is 0 Å². The van der Waals surface area contributed by atoms with Gasteiger partial charge in [0.15, 0.2) is 0 Å². The maximum absolute atomic E-state index is 12.4. The third kappa shape index (κ3) is 4.62. The molecule has 1 amide bonds. The zero-order chi connectivity index (χ0) is 20.1. The monoisotopic (exact) mass is 378 g/mol. The quantitative estimate of drug-likeness (QED) is 0.494. The van der Waals surface area contributed by atoms with Crippen molar-refractivity contribution < 1.29 is 9.72 Å². The van der Waals surface area contributed by atoms with Crippen LogP contribution in [-0.4, -0.2) is 20.4 Å². The fraction of sp³-hybridized carbons (Fsp3) is 0.238. The van der Waals surface area contributed by atoms with E-state index in [2.05, 4.69) is 28.7 Å². The molecule has 0 radical (unpaired) electrons. The maximum atomic E-state index is 12.4. The molecule has 0 bridgehead atoms. The normalized spacial score (nSPS) is 10.8. The lowest BCUT2D eigenvalue weighted by Gasteiger charge is -2.12. The van der Waals surface area contributed by atoms with Gasteiger partial charge in [-0.15, -0.1) is 0 Å². The molecule has 28 heavy (non-hydrogen) atoms. The summed E-state index contributed by atoms with van der Waals surface area (Å²) in [6, 6.07) is 13.8. The van der Waals surface area contributed by atoms with Crippen LogP contribution in [0.25, 0.3) is 0 Å². The Bertz CT molecular complexity index is 995. The molecule has 1 N–H and O–H groups in total. The molecule has 2 aromatic carbocycles. The van der Waals surface area contributed by atoms with Gasteiger partial charge in [0.2, 0.25) is 5.91 Å². The summed E-state index contributed by atoms with van der Waals surface area (Å²) in [4.78, 5) is 27.4. The van der Waals surface area contributed by atoms with Crippen molar-refractivity contribution in [1.29, 1.82) is 0 Å². The molecule has 0 aliphatic carbocycles. The highest BCUT2D eigenvalue weighted by Gasteiger charge is 2.15. The first-order valence-electron chi connectivity index (χ1n) is 9.06. The molecule has 0 fully saturated rings. The molecule has 7 nitrogen and oxygen atoms in total. The van der Waals surface area contributed by atoms with Gasteiger partial charge in [-0.1, -0.05) is 44.2 Å². The Morgan fingerprint density at radius 2 is 2.00 bits per heavy atom. The van der Waals surface area contributed by atoms with Crippen molar-refractivity contribution in [3.05, 3.63) is 88.0 Å². The minimum absolute atomic E-state index is 0.0484. The zero-order valence-electron chi connectivity index (χ0n) is 15.8. The Balaban J connectivity index is 1.70. The Morgan fingerprint density at radius 1 is 1.21 bits per heavy atom. The molecule has 0 aliphatic heterocycles. The predicted octanol–water partition coefficient (Wildman–Crippen LogP) is 4.14. The minimum atomic E-state index is -0.472. The Labute approximate surface area is 163 Å². The lowest BCUT2D eigenvalue weighted by molar-refractivity contribution is -0.385. The summed E-state index contributed by atoms with van der Waals surface area (Å²) >= 11 is 0. The number of anilines is 1. The molecule has 0 saturated heterocycles. The number of imidazole rings is 1. The van der Waals surface area contributed by atoms with Crippen LogP contribution < -0.4 is 5.32 Å². The fourth-order valence-electron chi connectivity index (χ4n) is 3.12. The number of carbonyl (C=O) groups is 1. The summed E-state index contributed by atoms with van der Waals surface area (Å²) in [5.41, 5.74) is 2.03. The SMILES string of the molecule is CC(C)c1nccn1Cc1cccc(NC(=O)Cc2ccccc2[N+](=O)[O-])c1. The van der Waals surface area contributed by atoms with E-state index in [9.17, 15) is 14.9 Å². The second-order valence-corrected chi connectivity index (χ2v) is 6.88. The molecule has 3 rings (SSSR count). The van der Waals surface area contributed by atoms with Crippen molar-refractivity contribution in [1.82, 2.24) is 9.55 Å². The van der Waals surface area contributed by atoms with E-state index in [0.29, 0.717) is 23.7 Å². The molecule has 0 saturated carbocycles. The van der Waals surface area contributed by atoms with Crippen LogP contribution in [-0.2, 0) is 17.8 Å². The van der Waals surface area contributed by atoms with Crippen molar-refractivity contribution in [3.63, 3.8) is 0 Å². The van der Waals surface area contributed by atoms with Gasteiger partial charge in [-0.25, -0.2) is 4.98 Å². The second kappa shape index (κ2) is 8.47. The van der Waals surface area contributed by atoms with Gasteiger partial charge in [-0.05, 0) is 17.7 Å². The van der Waals surface area contributed by atoms with Gasteiger partial charge in [-0.2, -0.15) is 0 Å². The summed E-state index contributed by atoms with van der Waals surface area (Å²) < 4.78 is 2.08. The first-order valence-corrected chi connectivity index (χ1v) is 9.06. The van der Waals surface area contributed by atoms with Crippen LogP contribution in [0.1, 0.15) is 36.7 Å². The van der Waals surface area contributed by atoms with E-state index >= 15 is 0 Å². The van der Waals surface area contributed by atoms with Gasteiger partial charge >= 0.3 is 0 Å². The molecular weight excluding hydrogens is 356 g/mol. The summed E-state index contributed by atoms with van der Waals surface area (Å²) in [6.07, 6.45) is 3.67. The molecule has 0 unspecified atom stereocenters. The smallest absolute Gasteiger partial charge is 0.273 e. The minimum Gasteiger partial charge on any atom is -0.330 e. The maximum Gasteiger partial charge on any atom is 0.273 e. The lowest BCUT2D eigenvalue weighted by Crippen LogP contribution is -2.15. The summed E-state index contributed by atoms with van der Waals surface area (Å²) in [6.45, 7) is 4.85. The number of hydrogen-bond donors (Lipinski definition) is 1. The number of para-hydroxylation sites is 1. The fourth-order valence-corrected chi connectivity index (χ4v) is 3.12. The molecule has 144 valence electrons. The number of nitrogens with zero attached hydrogens (tertiary/aromatic N) is 3. The number of aromatic nitrogens is 2. The number of rotatable bonds is 7. The summed E-state index contributed by atoms with van der Waals surface area (Å²) in [5.74, 6) is 1.03. The molecule has 1 aromatic heterocycles. The van der Waals surface area contributed by atoms with E-state index in [4.69, 9.17) is 0 Å². The number of nitro groups is 1. The molecule has 3 aromatic rings. The van der Waals surface area contributed by atoms with Gasteiger partial charge in [0.1, 0.15) is 5.82 Å². The van der Waals surface area contributed by atoms with E-state index in [1.807, 2.05) is 24.4 Å². The number of nitrogens with one attached hydrogen (secondary N) is 1. The molecule has 1 heterocycles. The van der Waals surface area contributed by atoms with Gasteiger partial charge in [0, 0.05) is 42.2 Å². The van der Waals surface area contributed by atoms with Crippen LogP contribution in [0.4, 0.5) is 11.4 Å². The van der Waals surface area contributed by atoms with Crippen LogP contribution in [0.2, 0.25) is 0 Å². The molecule has 0 atom stereocenters. The molecule has 7 heteroatoms. The Kier molecular flexibility index (Phi) is 5.84. The van der Waals surface area contributed by atoms with Crippen molar-refractivity contribution in [2.75, 3.05) is 5.32 Å². The topological polar surface area (TPSA) is 90.1 Å². The molecule has 0 spiro atoms. The van der Waals surface area contributed by atoms with Crippen molar-refractivity contribution in [2.45, 2.75) is 32.7 Å². The number of carbonyl (C=O) groups excluding carboxylic acids is 1. The third-order valence-electron chi connectivity index (χ3n) is 4.37. The number of nitro benzene ring substituents is 1.